The van der Waals surface area contributed by atoms with E-state index >= 15 is 0 Å². The van der Waals surface area contributed by atoms with E-state index in [9.17, 15) is 0 Å². The quantitative estimate of drug-likeness (QED) is 0.884. The summed E-state index contributed by atoms with van der Waals surface area (Å²) in [7, 11) is 1.70. The minimum absolute atomic E-state index is 0.336. The molecule has 2 rings (SSSR count). The minimum atomic E-state index is 0.336. The van der Waals surface area contributed by atoms with Gasteiger partial charge in [0.2, 0.25) is 0 Å². The summed E-state index contributed by atoms with van der Waals surface area (Å²) in [6, 6.07) is 9.24. The number of benzene rings is 1. The molecule has 2 N–H and O–H groups in total. The van der Waals surface area contributed by atoms with E-state index in [4.69, 9.17) is 10.5 Å². The molecular weight excluding hydrogens is 224 g/mol. The molecule has 1 aromatic carbocycles. The first-order chi connectivity index (χ1) is 8.60. The molecule has 1 heterocycles. The SMILES string of the molecule is COc1ccc(CC(C)N2CC(C)C(N)C2)cc1. The fourth-order valence-electron chi connectivity index (χ4n) is 2.62. The first-order valence-electron chi connectivity index (χ1n) is 6.72. The van der Waals surface area contributed by atoms with Crippen molar-refractivity contribution in [2.75, 3.05) is 20.2 Å². The van der Waals surface area contributed by atoms with E-state index in [1.54, 1.807) is 7.11 Å². The van der Waals surface area contributed by atoms with Crippen LogP contribution in [0.1, 0.15) is 19.4 Å². The monoisotopic (exact) mass is 248 g/mol. The van der Waals surface area contributed by atoms with Crippen LogP contribution in [-0.2, 0) is 6.42 Å². The number of ether oxygens (including phenoxy) is 1. The molecule has 0 amide bonds. The average Bonchev–Trinajstić information content (AvgIpc) is 2.71. The van der Waals surface area contributed by atoms with Crippen LogP contribution in [0, 0.1) is 5.92 Å². The molecular formula is C15H24N2O. The Labute approximate surface area is 110 Å². The number of methoxy groups -OCH3 is 1. The van der Waals surface area contributed by atoms with E-state index in [1.165, 1.54) is 5.56 Å². The molecule has 3 atom stereocenters. The second kappa shape index (κ2) is 5.72. The Kier molecular flexibility index (Phi) is 4.25. The first kappa shape index (κ1) is 13.4. The predicted molar refractivity (Wildman–Crippen MR) is 74.9 cm³/mol. The van der Waals surface area contributed by atoms with Gasteiger partial charge in [-0.2, -0.15) is 0 Å². The van der Waals surface area contributed by atoms with Gasteiger partial charge in [0.1, 0.15) is 5.75 Å². The van der Waals surface area contributed by atoms with Crippen molar-refractivity contribution in [3.8, 4) is 5.75 Å². The molecule has 0 aliphatic carbocycles. The van der Waals surface area contributed by atoms with Crippen molar-refractivity contribution in [2.45, 2.75) is 32.4 Å². The van der Waals surface area contributed by atoms with Gasteiger partial charge in [0.05, 0.1) is 7.11 Å². The summed E-state index contributed by atoms with van der Waals surface area (Å²) in [4.78, 5) is 2.50. The Morgan fingerprint density at radius 2 is 2.00 bits per heavy atom. The highest BCUT2D eigenvalue weighted by Crippen LogP contribution is 2.20. The molecule has 0 saturated carbocycles. The number of likely N-dealkylation sites (tertiary alicyclic amines) is 1. The fraction of sp³-hybridized carbons (Fsp3) is 0.600. The van der Waals surface area contributed by atoms with Crippen LogP contribution in [0.2, 0.25) is 0 Å². The van der Waals surface area contributed by atoms with Crippen molar-refractivity contribution in [1.82, 2.24) is 4.90 Å². The van der Waals surface area contributed by atoms with Gasteiger partial charge in [-0.05, 0) is 37.0 Å². The molecule has 100 valence electrons. The molecule has 1 aliphatic rings. The molecule has 3 nitrogen and oxygen atoms in total. The van der Waals surface area contributed by atoms with Crippen molar-refractivity contribution >= 4 is 0 Å². The largest absolute Gasteiger partial charge is 0.497 e. The van der Waals surface area contributed by atoms with Gasteiger partial charge in [0.25, 0.3) is 0 Å². The van der Waals surface area contributed by atoms with Gasteiger partial charge in [0.15, 0.2) is 0 Å². The minimum Gasteiger partial charge on any atom is -0.497 e. The molecule has 0 spiro atoms. The van der Waals surface area contributed by atoms with E-state index in [0.29, 0.717) is 18.0 Å². The maximum atomic E-state index is 6.08. The Hall–Kier alpha value is -1.06. The van der Waals surface area contributed by atoms with Gasteiger partial charge in [-0.3, -0.25) is 4.90 Å². The molecule has 0 radical (unpaired) electrons. The number of hydrogen-bond acceptors (Lipinski definition) is 3. The van der Waals surface area contributed by atoms with E-state index in [-0.39, 0.29) is 0 Å². The van der Waals surface area contributed by atoms with Crippen LogP contribution in [0.4, 0.5) is 0 Å². The lowest BCUT2D eigenvalue weighted by Crippen LogP contribution is -2.35. The molecule has 3 heteroatoms. The van der Waals surface area contributed by atoms with E-state index in [0.717, 1.165) is 25.3 Å². The zero-order valence-electron chi connectivity index (χ0n) is 11.6. The number of rotatable bonds is 4. The standard InChI is InChI=1S/C15H24N2O/c1-11-9-17(10-15(11)16)12(2)8-13-4-6-14(18-3)7-5-13/h4-7,11-12,15H,8-10,16H2,1-3H3. The molecule has 3 unspecified atom stereocenters. The Balaban J connectivity index is 1.92. The fourth-order valence-corrected chi connectivity index (χ4v) is 2.62. The second-order valence-corrected chi connectivity index (χ2v) is 5.50. The molecule has 1 aliphatic heterocycles. The smallest absolute Gasteiger partial charge is 0.118 e. The highest BCUT2D eigenvalue weighted by atomic mass is 16.5. The Bertz CT molecular complexity index is 367. The summed E-state index contributed by atoms with van der Waals surface area (Å²) in [5.74, 6) is 1.53. The molecule has 1 fully saturated rings. The highest BCUT2D eigenvalue weighted by Gasteiger charge is 2.29. The van der Waals surface area contributed by atoms with Crippen LogP contribution in [0.3, 0.4) is 0 Å². The third-order valence-electron chi connectivity index (χ3n) is 4.01. The highest BCUT2D eigenvalue weighted by molar-refractivity contribution is 5.27. The van der Waals surface area contributed by atoms with E-state index < -0.39 is 0 Å². The normalized spacial score (nSPS) is 26.2. The average molecular weight is 248 g/mol. The topological polar surface area (TPSA) is 38.5 Å². The molecule has 0 aromatic heterocycles. The molecule has 18 heavy (non-hydrogen) atoms. The van der Waals surface area contributed by atoms with Gasteiger partial charge >= 0.3 is 0 Å². The lowest BCUT2D eigenvalue weighted by atomic mass is 10.1. The zero-order valence-corrected chi connectivity index (χ0v) is 11.6. The summed E-state index contributed by atoms with van der Waals surface area (Å²) in [6.07, 6.45) is 1.07. The summed E-state index contributed by atoms with van der Waals surface area (Å²) >= 11 is 0. The molecule has 1 saturated heterocycles. The van der Waals surface area contributed by atoms with Gasteiger partial charge < -0.3 is 10.5 Å². The molecule has 1 aromatic rings. The zero-order chi connectivity index (χ0) is 13.1. The third kappa shape index (κ3) is 3.03. The van der Waals surface area contributed by atoms with Gasteiger partial charge in [-0.1, -0.05) is 19.1 Å². The lowest BCUT2D eigenvalue weighted by Gasteiger charge is -2.24. The third-order valence-corrected chi connectivity index (χ3v) is 4.01. The van der Waals surface area contributed by atoms with Crippen molar-refractivity contribution in [3.63, 3.8) is 0 Å². The van der Waals surface area contributed by atoms with Gasteiger partial charge in [-0.15, -0.1) is 0 Å². The van der Waals surface area contributed by atoms with Crippen molar-refractivity contribution in [3.05, 3.63) is 29.8 Å². The van der Waals surface area contributed by atoms with Crippen molar-refractivity contribution in [1.29, 1.82) is 0 Å². The van der Waals surface area contributed by atoms with Crippen LogP contribution in [0.5, 0.6) is 5.75 Å². The van der Waals surface area contributed by atoms with Crippen molar-refractivity contribution in [2.24, 2.45) is 11.7 Å². The second-order valence-electron chi connectivity index (χ2n) is 5.50. The van der Waals surface area contributed by atoms with E-state index in [1.807, 2.05) is 12.1 Å². The maximum Gasteiger partial charge on any atom is 0.118 e. The maximum absolute atomic E-state index is 6.08. The van der Waals surface area contributed by atoms with Crippen LogP contribution in [-0.4, -0.2) is 37.2 Å². The number of nitrogens with zero attached hydrogens (tertiary/aromatic N) is 1. The first-order valence-corrected chi connectivity index (χ1v) is 6.72. The van der Waals surface area contributed by atoms with Crippen LogP contribution in [0.15, 0.2) is 24.3 Å². The van der Waals surface area contributed by atoms with Crippen LogP contribution < -0.4 is 10.5 Å². The van der Waals surface area contributed by atoms with Gasteiger partial charge in [0, 0.05) is 25.2 Å². The Morgan fingerprint density at radius 1 is 1.33 bits per heavy atom. The van der Waals surface area contributed by atoms with Crippen molar-refractivity contribution < 1.29 is 4.74 Å². The summed E-state index contributed by atoms with van der Waals surface area (Å²) < 4.78 is 5.18. The van der Waals surface area contributed by atoms with Crippen LogP contribution >= 0.6 is 0 Å². The predicted octanol–water partition coefficient (Wildman–Crippen LogP) is 1.91. The lowest BCUT2D eigenvalue weighted by molar-refractivity contribution is 0.248. The summed E-state index contributed by atoms with van der Waals surface area (Å²) in [6.45, 7) is 6.68. The summed E-state index contributed by atoms with van der Waals surface area (Å²) in [5.41, 5.74) is 7.44. The van der Waals surface area contributed by atoms with E-state index in [2.05, 4.69) is 30.9 Å². The summed E-state index contributed by atoms with van der Waals surface area (Å²) in [5, 5.41) is 0. The number of hydrogen-bond donors (Lipinski definition) is 1. The molecule has 0 bridgehead atoms. The number of nitrogens with two attached hydrogens (primary N) is 1. The van der Waals surface area contributed by atoms with Crippen LogP contribution in [0.25, 0.3) is 0 Å². The van der Waals surface area contributed by atoms with Gasteiger partial charge in [-0.25, -0.2) is 0 Å². The Morgan fingerprint density at radius 3 is 2.50 bits per heavy atom.